The highest BCUT2D eigenvalue weighted by atomic mass is 32.2. The van der Waals surface area contributed by atoms with Crippen LogP contribution in [0.5, 0.6) is 5.75 Å². The van der Waals surface area contributed by atoms with Crippen molar-refractivity contribution >= 4 is 34.9 Å². The van der Waals surface area contributed by atoms with Gasteiger partial charge in [0.15, 0.2) is 8.68 Å². The second-order valence-corrected chi connectivity index (χ2v) is 7.50. The normalized spacial score (nSPS) is 12.4. The van der Waals surface area contributed by atoms with Gasteiger partial charge < -0.3 is 10.5 Å². The Morgan fingerprint density at radius 3 is 2.75 bits per heavy atom. The van der Waals surface area contributed by atoms with E-state index in [1.807, 2.05) is 18.4 Å². The second kappa shape index (κ2) is 7.31. The summed E-state index contributed by atoms with van der Waals surface area (Å²) in [6.45, 7) is 2.05. The molecule has 0 fully saturated rings. The minimum absolute atomic E-state index is 0.0866. The SMILES string of the molecule is COc1ccc(C)cc1C(N)CSc1nnc(SC)s1. The third kappa shape index (κ3) is 3.88. The molecule has 20 heavy (non-hydrogen) atoms. The van der Waals surface area contributed by atoms with Gasteiger partial charge in [-0.05, 0) is 19.2 Å². The highest BCUT2D eigenvalue weighted by molar-refractivity contribution is 8.02. The lowest BCUT2D eigenvalue weighted by Gasteiger charge is -2.15. The first-order valence-corrected chi connectivity index (χ1v) is 9.07. The first-order chi connectivity index (χ1) is 9.63. The first kappa shape index (κ1) is 15.6. The summed E-state index contributed by atoms with van der Waals surface area (Å²) in [5, 5.41) is 8.21. The maximum Gasteiger partial charge on any atom is 0.175 e. The molecule has 0 aliphatic heterocycles. The number of aryl methyl sites for hydroxylation is 1. The minimum atomic E-state index is -0.0866. The number of ether oxygens (including phenoxy) is 1. The lowest BCUT2D eigenvalue weighted by atomic mass is 10.1. The second-order valence-electron chi connectivity index (χ2n) is 4.20. The van der Waals surface area contributed by atoms with Gasteiger partial charge in [0.1, 0.15) is 5.75 Å². The topological polar surface area (TPSA) is 61.0 Å². The van der Waals surface area contributed by atoms with Crippen LogP contribution in [0.2, 0.25) is 0 Å². The van der Waals surface area contributed by atoms with E-state index in [0.717, 1.165) is 25.7 Å². The van der Waals surface area contributed by atoms with Crippen LogP contribution in [0.3, 0.4) is 0 Å². The van der Waals surface area contributed by atoms with E-state index in [1.54, 1.807) is 42.0 Å². The molecule has 1 atom stereocenters. The Labute approximate surface area is 131 Å². The van der Waals surface area contributed by atoms with Crippen LogP contribution in [-0.4, -0.2) is 29.3 Å². The summed E-state index contributed by atoms with van der Waals surface area (Å²) in [6, 6.07) is 5.98. The number of aromatic nitrogens is 2. The molecule has 0 bridgehead atoms. The van der Waals surface area contributed by atoms with Crippen LogP contribution in [0.1, 0.15) is 17.2 Å². The molecule has 0 spiro atoms. The van der Waals surface area contributed by atoms with Crippen LogP contribution < -0.4 is 10.5 Å². The molecular weight excluding hydrogens is 310 g/mol. The molecule has 7 heteroatoms. The smallest absolute Gasteiger partial charge is 0.175 e. The van der Waals surface area contributed by atoms with Gasteiger partial charge in [0.2, 0.25) is 0 Å². The Morgan fingerprint density at radius 1 is 1.35 bits per heavy atom. The summed E-state index contributed by atoms with van der Waals surface area (Å²) in [5.74, 6) is 1.59. The van der Waals surface area contributed by atoms with Crippen LogP contribution in [0.15, 0.2) is 26.9 Å². The summed E-state index contributed by atoms with van der Waals surface area (Å²) in [7, 11) is 1.67. The summed E-state index contributed by atoms with van der Waals surface area (Å²) in [6.07, 6.45) is 2.00. The van der Waals surface area contributed by atoms with Crippen LogP contribution >= 0.6 is 34.9 Å². The summed E-state index contributed by atoms with van der Waals surface area (Å²) in [5.41, 5.74) is 8.50. The van der Waals surface area contributed by atoms with Gasteiger partial charge in [-0.2, -0.15) is 0 Å². The van der Waals surface area contributed by atoms with E-state index in [1.165, 1.54) is 5.56 Å². The molecule has 2 N–H and O–H groups in total. The highest BCUT2D eigenvalue weighted by Gasteiger charge is 2.14. The fourth-order valence-corrected chi connectivity index (χ4v) is 4.17. The Morgan fingerprint density at radius 2 is 2.10 bits per heavy atom. The van der Waals surface area contributed by atoms with E-state index in [0.29, 0.717) is 0 Å². The van der Waals surface area contributed by atoms with Crippen molar-refractivity contribution in [1.29, 1.82) is 0 Å². The van der Waals surface area contributed by atoms with Gasteiger partial charge in [-0.15, -0.1) is 10.2 Å². The quantitative estimate of drug-likeness (QED) is 0.821. The number of nitrogens with zero attached hydrogens (tertiary/aromatic N) is 2. The molecule has 2 rings (SSSR count). The number of benzene rings is 1. The van der Waals surface area contributed by atoms with Gasteiger partial charge in [-0.3, -0.25) is 0 Å². The van der Waals surface area contributed by atoms with Crippen molar-refractivity contribution in [2.75, 3.05) is 19.1 Å². The molecule has 1 unspecified atom stereocenters. The maximum absolute atomic E-state index is 6.28. The molecular formula is C13H17N3OS3. The molecule has 1 heterocycles. The summed E-state index contributed by atoms with van der Waals surface area (Å²) >= 11 is 4.84. The predicted molar refractivity (Wildman–Crippen MR) is 87.1 cm³/mol. The van der Waals surface area contributed by atoms with Gasteiger partial charge in [-0.25, -0.2) is 0 Å². The van der Waals surface area contributed by atoms with E-state index in [2.05, 4.69) is 23.2 Å². The fourth-order valence-electron chi connectivity index (χ4n) is 1.73. The van der Waals surface area contributed by atoms with E-state index >= 15 is 0 Å². The summed E-state index contributed by atoms with van der Waals surface area (Å²) < 4.78 is 7.31. The van der Waals surface area contributed by atoms with Crippen molar-refractivity contribution in [3.63, 3.8) is 0 Å². The molecule has 0 aliphatic rings. The van der Waals surface area contributed by atoms with Gasteiger partial charge in [0.25, 0.3) is 0 Å². The van der Waals surface area contributed by atoms with Crippen molar-refractivity contribution in [3.8, 4) is 5.75 Å². The van der Waals surface area contributed by atoms with Gasteiger partial charge in [0.05, 0.1) is 7.11 Å². The molecule has 0 saturated carbocycles. The Kier molecular flexibility index (Phi) is 5.71. The van der Waals surface area contributed by atoms with Crippen molar-refractivity contribution in [1.82, 2.24) is 10.2 Å². The summed E-state index contributed by atoms with van der Waals surface area (Å²) in [4.78, 5) is 0. The zero-order chi connectivity index (χ0) is 14.5. The van der Waals surface area contributed by atoms with Crippen molar-refractivity contribution < 1.29 is 4.74 Å². The zero-order valence-electron chi connectivity index (χ0n) is 11.6. The third-order valence-corrected chi connectivity index (χ3v) is 5.88. The number of hydrogen-bond acceptors (Lipinski definition) is 7. The lowest BCUT2D eigenvalue weighted by molar-refractivity contribution is 0.407. The van der Waals surface area contributed by atoms with Gasteiger partial charge in [-0.1, -0.05) is 52.6 Å². The van der Waals surface area contributed by atoms with Crippen molar-refractivity contribution in [2.24, 2.45) is 5.73 Å². The molecule has 1 aromatic heterocycles. The number of rotatable bonds is 6. The van der Waals surface area contributed by atoms with Crippen LogP contribution in [0.25, 0.3) is 0 Å². The molecule has 108 valence electrons. The highest BCUT2D eigenvalue weighted by Crippen LogP contribution is 2.32. The molecule has 4 nitrogen and oxygen atoms in total. The number of methoxy groups -OCH3 is 1. The van der Waals surface area contributed by atoms with Crippen LogP contribution in [0, 0.1) is 6.92 Å². The average molecular weight is 328 g/mol. The monoisotopic (exact) mass is 327 g/mol. The standard InChI is InChI=1S/C13H17N3OS3/c1-8-4-5-11(17-2)9(6-8)10(14)7-19-13-16-15-12(18-3)20-13/h4-6,10H,7,14H2,1-3H3. The van der Waals surface area contributed by atoms with Gasteiger partial charge in [0, 0.05) is 17.4 Å². The Balaban J connectivity index is 2.04. The maximum atomic E-state index is 6.28. The lowest BCUT2D eigenvalue weighted by Crippen LogP contribution is -2.14. The van der Waals surface area contributed by atoms with Gasteiger partial charge >= 0.3 is 0 Å². The molecule has 2 aromatic rings. The molecule has 0 amide bonds. The number of nitrogens with two attached hydrogens (primary N) is 1. The van der Waals surface area contributed by atoms with Crippen LogP contribution in [-0.2, 0) is 0 Å². The third-order valence-electron chi connectivity index (χ3n) is 2.73. The van der Waals surface area contributed by atoms with Crippen molar-refractivity contribution in [3.05, 3.63) is 29.3 Å². The van der Waals surface area contributed by atoms with E-state index < -0.39 is 0 Å². The first-order valence-electron chi connectivity index (χ1n) is 6.04. The fraction of sp³-hybridized carbons (Fsp3) is 0.385. The Hall–Kier alpha value is -0.760. The van der Waals surface area contributed by atoms with Crippen LogP contribution in [0.4, 0.5) is 0 Å². The van der Waals surface area contributed by atoms with E-state index in [4.69, 9.17) is 10.5 Å². The zero-order valence-corrected chi connectivity index (χ0v) is 14.1. The molecule has 1 aromatic carbocycles. The Bertz CT molecular complexity index is 574. The van der Waals surface area contributed by atoms with E-state index in [9.17, 15) is 0 Å². The number of hydrogen-bond donors (Lipinski definition) is 1. The number of thioether (sulfide) groups is 2. The largest absolute Gasteiger partial charge is 0.496 e. The van der Waals surface area contributed by atoms with Crippen molar-refractivity contribution in [2.45, 2.75) is 21.6 Å². The molecule has 0 aliphatic carbocycles. The minimum Gasteiger partial charge on any atom is -0.496 e. The van der Waals surface area contributed by atoms with E-state index in [-0.39, 0.29) is 6.04 Å². The predicted octanol–water partition coefficient (Wildman–Crippen LogP) is 3.37. The molecule has 0 saturated heterocycles. The average Bonchev–Trinajstić information content (AvgIpc) is 2.92. The molecule has 0 radical (unpaired) electrons.